The highest BCUT2D eigenvalue weighted by molar-refractivity contribution is 6.33. The van der Waals surface area contributed by atoms with Gasteiger partial charge in [0.25, 0.3) is 5.91 Å². The average molecular weight is 399 g/mol. The summed E-state index contributed by atoms with van der Waals surface area (Å²) in [5, 5.41) is 2.10. The highest BCUT2D eigenvalue weighted by Crippen LogP contribution is 2.32. The maximum Gasteiger partial charge on any atom is 0.417 e. The van der Waals surface area contributed by atoms with E-state index < -0.39 is 17.6 Å². The number of amides is 1. The largest absolute Gasteiger partial charge is 0.490 e. The van der Waals surface area contributed by atoms with Gasteiger partial charge in [-0.1, -0.05) is 11.6 Å². The first kappa shape index (κ1) is 19.0. The summed E-state index contributed by atoms with van der Waals surface area (Å²) in [6.45, 7) is 3.89. The summed E-state index contributed by atoms with van der Waals surface area (Å²) < 4.78 is 45.1. The molecule has 0 fully saturated rings. The van der Waals surface area contributed by atoms with Crippen molar-refractivity contribution in [3.8, 4) is 5.75 Å². The SMILES string of the molecule is CCOc1cccn2c(C(=O)Nc3ncc(C(F)(F)F)cc3Cl)c(C)nc12. The van der Waals surface area contributed by atoms with Crippen LogP contribution in [0.25, 0.3) is 5.65 Å². The van der Waals surface area contributed by atoms with Gasteiger partial charge in [-0.2, -0.15) is 13.2 Å². The van der Waals surface area contributed by atoms with Crippen molar-refractivity contribution in [3.63, 3.8) is 0 Å². The number of fused-ring (bicyclic) bond motifs is 1. The van der Waals surface area contributed by atoms with Crippen LogP contribution in [-0.2, 0) is 6.18 Å². The second-order valence-corrected chi connectivity index (χ2v) is 5.96. The lowest BCUT2D eigenvalue weighted by molar-refractivity contribution is -0.137. The summed E-state index contributed by atoms with van der Waals surface area (Å²) >= 11 is 5.85. The molecule has 0 aromatic carbocycles. The molecule has 1 amide bonds. The molecule has 0 unspecified atom stereocenters. The Balaban J connectivity index is 1.96. The second-order valence-electron chi connectivity index (χ2n) is 5.55. The van der Waals surface area contributed by atoms with Gasteiger partial charge in [-0.15, -0.1) is 0 Å². The van der Waals surface area contributed by atoms with Crippen LogP contribution in [-0.4, -0.2) is 26.9 Å². The molecule has 3 aromatic heterocycles. The molecule has 0 aliphatic carbocycles. The monoisotopic (exact) mass is 398 g/mol. The molecule has 6 nitrogen and oxygen atoms in total. The van der Waals surface area contributed by atoms with E-state index in [0.717, 1.165) is 0 Å². The molecule has 0 aliphatic heterocycles. The first-order valence-corrected chi connectivity index (χ1v) is 8.24. The van der Waals surface area contributed by atoms with Gasteiger partial charge in [0.05, 0.1) is 22.9 Å². The number of nitrogens with one attached hydrogen (secondary N) is 1. The third kappa shape index (κ3) is 3.68. The smallest absolute Gasteiger partial charge is 0.417 e. The Kier molecular flexibility index (Phi) is 4.97. The Bertz CT molecular complexity index is 1020. The van der Waals surface area contributed by atoms with E-state index in [9.17, 15) is 18.0 Å². The number of nitrogens with zero attached hydrogens (tertiary/aromatic N) is 3. The van der Waals surface area contributed by atoms with Gasteiger partial charge in [0, 0.05) is 12.4 Å². The zero-order chi connectivity index (χ0) is 19.8. The number of ether oxygens (including phenoxy) is 1. The predicted octanol–water partition coefficient (Wildman–Crippen LogP) is 4.36. The molecule has 0 bridgehead atoms. The zero-order valence-electron chi connectivity index (χ0n) is 14.3. The van der Waals surface area contributed by atoms with Crippen LogP contribution in [0.4, 0.5) is 19.0 Å². The van der Waals surface area contributed by atoms with E-state index in [1.54, 1.807) is 25.3 Å². The fourth-order valence-electron chi connectivity index (χ4n) is 2.55. The minimum atomic E-state index is -4.58. The Hall–Kier alpha value is -2.81. The molecule has 0 saturated heterocycles. The van der Waals surface area contributed by atoms with E-state index in [2.05, 4.69) is 15.3 Å². The first-order valence-electron chi connectivity index (χ1n) is 7.87. The van der Waals surface area contributed by atoms with Crippen LogP contribution < -0.4 is 10.1 Å². The number of aromatic nitrogens is 3. The standard InChI is InChI=1S/C17H14ClF3N4O2/c1-3-27-12-5-4-6-25-13(9(2)23-15(12)25)16(26)24-14-11(18)7-10(8-22-14)17(19,20)21/h4-8H,3H2,1-2H3,(H,22,24,26). The van der Waals surface area contributed by atoms with Crippen molar-refractivity contribution in [2.24, 2.45) is 0 Å². The van der Waals surface area contributed by atoms with Crippen molar-refractivity contribution < 1.29 is 22.7 Å². The summed E-state index contributed by atoms with van der Waals surface area (Å²) in [4.78, 5) is 20.6. The lowest BCUT2D eigenvalue weighted by Gasteiger charge is -2.10. The predicted molar refractivity (Wildman–Crippen MR) is 93.3 cm³/mol. The minimum absolute atomic E-state index is 0.176. The lowest BCUT2D eigenvalue weighted by atomic mass is 10.2. The van der Waals surface area contributed by atoms with Crippen LogP contribution in [0.3, 0.4) is 0 Å². The summed E-state index contributed by atoms with van der Waals surface area (Å²) in [7, 11) is 0. The Morgan fingerprint density at radius 3 is 2.78 bits per heavy atom. The minimum Gasteiger partial charge on any atom is -0.490 e. The number of halogens is 4. The van der Waals surface area contributed by atoms with Crippen LogP contribution in [0, 0.1) is 6.92 Å². The van der Waals surface area contributed by atoms with Crippen LogP contribution in [0.5, 0.6) is 5.75 Å². The van der Waals surface area contributed by atoms with Crippen molar-refractivity contribution in [1.29, 1.82) is 0 Å². The van der Waals surface area contributed by atoms with E-state index in [0.29, 0.717) is 36.0 Å². The molecule has 0 saturated carbocycles. The van der Waals surface area contributed by atoms with Gasteiger partial charge in [-0.3, -0.25) is 9.20 Å². The number of aryl methyl sites for hydroxylation is 1. The molecule has 142 valence electrons. The van der Waals surface area contributed by atoms with Gasteiger partial charge >= 0.3 is 6.18 Å². The number of rotatable bonds is 4. The number of pyridine rings is 2. The zero-order valence-corrected chi connectivity index (χ0v) is 15.0. The summed E-state index contributed by atoms with van der Waals surface area (Å²) in [6, 6.07) is 4.12. The Morgan fingerprint density at radius 1 is 1.41 bits per heavy atom. The van der Waals surface area contributed by atoms with Gasteiger partial charge in [0.1, 0.15) is 5.69 Å². The molecular weight excluding hydrogens is 385 g/mol. The van der Waals surface area contributed by atoms with Crippen molar-refractivity contribution in [3.05, 3.63) is 52.6 Å². The van der Waals surface area contributed by atoms with Gasteiger partial charge in [0.2, 0.25) is 0 Å². The third-order valence-electron chi connectivity index (χ3n) is 3.70. The lowest BCUT2D eigenvalue weighted by Crippen LogP contribution is -2.17. The molecule has 3 aromatic rings. The van der Waals surface area contributed by atoms with Gasteiger partial charge in [-0.25, -0.2) is 9.97 Å². The summed E-state index contributed by atoms with van der Waals surface area (Å²) in [5.74, 6) is -0.277. The van der Waals surface area contributed by atoms with E-state index in [1.807, 2.05) is 6.92 Å². The fourth-order valence-corrected chi connectivity index (χ4v) is 2.76. The molecule has 0 spiro atoms. The molecule has 1 N–H and O–H groups in total. The van der Waals surface area contributed by atoms with Crippen LogP contribution in [0.1, 0.15) is 28.7 Å². The number of carbonyl (C=O) groups is 1. The van der Waals surface area contributed by atoms with E-state index in [1.165, 1.54) is 4.40 Å². The molecule has 27 heavy (non-hydrogen) atoms. The molecule has 10 heteroatoms. The van der Waals surface area contributed by atoms with Gasteiger partial charge < -0.3 is 10.1 Å². The topological polar surface area (TPSA) is 68.5 Å². The number of imidazole rings is 1. The maximum absolute atomic E-state index is 12.7. The fraction of sp³-hybridized carbons (Fsp3) is 0.235. The summed E-state index contributed by atoms with van der Waals surface area (Å²) in [6.07, 6.45) is -2.34. The van der Waals surface area contributed by atoms with Crippen LogP contribution in [0.2, 0.25) is 5.02 Å². The quantitative estimate of drug-likeness (QED) is 0.709. The molecule has 0 aliphatic rings. The Morgan fingerprint density at radius 2 is 2.15 bits per heavy atom. The van der Waals surface area contributed by atoms with Crippen molar-refractivity contribution in [1.82, 2.24) is 14.4 Å². The van der Waals surface area contributed by atoms with Crippen LogP contribution >= 0.6 is 11.6 Å². The molecule has 0 radical (unpaired) electrons. The first-order chi connectivity index (χ1) is 12.7. The normalized spacial score (nSPS) is 11.6. The number of alkyl halides is 3. The van der Waals surface area contributed by atoms with E-state index in [4.69, 9.17) is 16.3 Å². The van der Waals surface area contributed by atoms with Gasteiger partial charge in [0.15, 0.2) is 17.2 Å². The average Bonchev–Trinajstić information content (AvgIpc) is 2.93. The van der Waals surface area contributed by atoms with Crippen molar-refractivity contribution in [2.75, 3.05) is 11.9 Å². The number of hydrogen-bond donors (Lipinski definition) is 1. The third-order valence-corrected chi connectivity index (χ3v) is 3.99. The second kappa shape index (κ2) is 7.07. The van der Waals surface area contributed by atoms with Crippen molar-refractivity contribution in [2.45, 2.75) is 20.0 Å². The molecular formula is C17H14ClF3N4O2. The van der Waals surface area contributed by atoms with E-state index in [-0.39, 0.29) is 16.5 Å². The Labute approximate surface area is 156 Å². The summed E-state index contributed by atoms with van der Waals surface area (Å²) in [5.41, 5.74) is 0.0679. The maximum atomic E-state index is 12.7. The molecule has 0 atom stereocenters. The highest BCUT2D eigenvalue weighted by atomic mass is 35.5. The molecule has 3 rings (SSSR count). The number of hydrogen-bond acceptors (Lipinski definition) is 4. The van der Waals surface area contributed by atoms with Crippen molar-refractivity contribution >= 4 is 29.0 Å². The van der Waals surface area contributed by atoms with Gasteiger partial charge in [-0.05, 0) is 32.0 Å². The van der Waals surface area contributed by atoms with Crippen LogP contribution in [0.15, 0.2) is 30.6 Å². The van der Waals surface area contributed by atoms with E-state index >= 15 is 0 Å². The molecule has 3 heterocycles. The number of anilines is 1. The number of carbonyl (C=O) groups excluding carboxylic acids is 1. The highest BCUT2D eigenvalue weighted by Gasteiger charge is 2.32.